The van der Waals surface area contributed by atoms with Gasteiger partial charge >= 0.3 is 0 Å². The van der Waals surface area contributed by atoms with Gasteiger partial charge in [-0.3, -0.25) is 0 Å². The molecule has 0 N–H and O–H groups in total. The summed E-state index contributed by atoms with van der Waals surface area (Å²) in [5, 5.41) is 0. The molecule has 0 fully saturated rings. The van der Waals surface area contributed by atoms with Gasteiger partial charge < -0.3 is 4.57 Å². The predicted octanol–water partition coefficient (Wildman–Crippen LogP) is 5.03. The van der Waals surface area contributed by atoms with E-state index in [4.69, 9.17) is 11.6 Å². The van der Waals surface area contributed by atoms with E-state index < -0.39 is 0 Å². The van der Waals surface area contributed by atoms with Gasteiger partial charge in [0, 0.05) is 12.6 Å². The number of rotatable bonds is 3. The average molecular weight is 368 g/mol. The number of nitrogens with zero attached hydrogens (tertiary/aromatic N) is 2. The topological polar surface area (TPSA) is 17.8 Å². The Morgan fingerprint density at radius 1 is 1.29 bits per heavy atom. The van der Waals surface area contributed by atoms with Gasteiger partial charge in [0.15, 0.2) is 0 Å². The van der Waals surface area contributed by atoms with Gasteiger partial charge in [0.25, 0.3) is 0 Å². The van der Waals surface area contributed by atoms with Crippen molar-refractivity contribution in [2.24, 2.45) is 0 Å². The molecule has 0 atom stereocenters. The second kappa shape index (κ2) is 5.78. The number of hydrogen-bond acceptors (Lipinski definition) is 1. The van der Waals surface area contributed by atoms with Gasteiger partial charge in [-0.25, -0.2) is 9.37 Å². The van der Waals surface area contributed by atoms with Crippen LogP contribution in [0.1, 0.15) is 17.0 Å². The van der Waals surface area contributed by atoms with Crippen LogP contribution in [0.4, 0.5) is 4.39 Å². The molecule has 0 amide bonds. The molecule has 2 aromatic carbocycles. The molecular weight excluding hydrogens is 355 g/mol. The molecule has 108 valence electrons. The summed E-state index contributed by atoms with van der Waals surface area (Å²) >= 11 is 9.19. The van der Waals surface area contributed by atoms with Crippen molar-refractivity contribution >= 4 is 38.6 Å². The zero-order valence-corrected chi connectivity index (χ0v) is 13.7. The van der Waals surface area contributed by atoms with E-state index in [9.17, 15) is 4.39 Å². The van der Waals surface area contributed by atoms with Gasteiger partial charge in [-0.1, -0.05) is 24.3 Å². The molecule has 0 spiro atoms. The maximum atomic E-state index is 13.8. The first-order valence-corrected chi connectivity index (χ1v) is 7.87. The molecule has 0 saturated heterocycles. The van der Waals surface area contributed by atoms with Crippen molar-refractivity contribution < 1.29 is 4.39 Å². The molecule has 0 bridgehead atoms. The van der Waals surface area contributed by atoms with Crippen LogP contribution in [0.25, 0.3) is 11.0 Å². The third kappa shape index (κ3) is 2.70. The Labute approximate surface area is 135 Å². The third-order valence-corrected chi connectivity index (χ3v) is 4.43. The number of benzene rings is 2. The lowest BCUT2D eigenvalue weighted by molar-refractivity contribution is 0.621. The van der Waals surface area contributed by atoms with Crippen LogP contribution in [0.5, 0.6) is 0 Å². The molecule has 0 aliphatic heterocycles. The Balaban J connectivity index is 2.16. The second-order valence-electron chi connectivity index (χ2n) is 4.93. The molecule has 3 aromatic rings. The first-order chi connectivity index (χ1) is 10.1. The first kappa shape index (κ1) is 14.5. The number of halogens is 3. The summed E-state index contributed by atoms with van der Waals surface area (Å²) in [5.74, 6) is 0.738. The molecule has 21 heavy (non-hydrogen) atoms. The van der Waals surface area contributed by atoms with Crippen molar-refractivity contribution in [2.45, 2.75) is 19.3 Å². The van der Waals surface area contributed by atoms with Crippen molar-refractivity contribution in [3.8, 4) is 0 Å². The Hall–Kier alpha value is -1.39. The van der Waals surface area contributed by atoms with Crippen molar-refractivity contribution in [1.82, 2.24) is 9.55 Å². The fraction of sp³-hybridized carbons (Fsp3) is 0.188. The summed E-state index contributed by atoms with van der Waals surface area (Å²) in [6.45, 7) is 2.69. The van der Waals surface area contributed by atoms with Crippen molar-refractivity contribution in [3.63, 3.8) is 0 Å². The van der Waals surface area contributed by atoms with Crippen LogP contribution in [0.3, 0.4) is 0 Å². The minimum absolute atomic E-state index is 0.291. The Kier molecular flexibility index (Phi) is 4.00. The number of aromatic nitrogens is 2. The van der Waals surface area contributed by atoms with Gasteiger partial charge in [-0.05, 0) is 40.0 Å². The highest BCUT2D eigenvalue weighted by Gasteiger charge is 2.13. The number of imidazole rings is 1. The molecule has 0 unspecified atom stereocenters. The number of fused-ring (bicyclic) bond motifs is 1. The lowest BCUT2D eigenvalue weighted by atomic mass is 10.1. The van der Waals surface area contributed by atoms with Crippen LogP contribution in [0, 0.1) is 12.7 Å². The lowest BCUT2D eigenvalue weighted by Gasteiger charge is -2.10. The summed E-state index contributed by atoms with van der Waals surface area (Å²) in [6.07, 6.45) is 0. The van der Waals surface area contributed by atoms with E-state index in [-0.39, 0.29) is 5.82 Å². The molecular formula is C16H13BrClFN2. The molecule has 0 saturated carbocycles. The number of hydrogen-bond donors (Lipinski definition) is 0. The summed E-state index contributed by atoms with van der Waals surface area (Å²) in [6, 6.07) is 11.3. The highest BCUT2D eigenvalue weighted by molar-refractivity contribution is 9.10. The maximum Gasteiger partial charge on any atom is 0.139 e. The van der Waals surface area contributed by atoms with E-state index in [0.717, 1.165) is 16.9 Å². The van der Waals surface area contributed by atoms with Crippen LogP contribution in [-0.4, -0.2) is 9.55 Å². The fourth-order valence-electron chi connectivity index (χ4n) is 2.41. The van der Waals surface area contributed by atoms with Crippen LogP contribution in [0.15, 0.2) is 40.9 Å². The minimum Gasteiger partial charge on any atom is -0.322 e. The molecule has 3 rings (SSSR count). The molecule has 2 nitrogen and oxygen atoms in total. The Morgan fingerprint density at radius 3 is 2.76 bits per heavy atom. The van der Waals surface area contributed by atoms with Gasteiger partial charge in [-0.15, -0.1) is 11.6 Å². The standard InChI is InChI=1S/C16H13BrClFN2/c1-10-4-2-3-5-11(10)9-21-15-7-13(19)12(17)6-14(15)20-16(21)8-18/h2-7H,8-9H2,1H3. The quantitative estimate of drug-likeness (QED) is 0.593. The highest BCUT2D eigenvalue weighted by Crippen LogP contribution is 2.26. The summed E-state index contributed by atoms with van der Waals surface area (Å²) in [7, 11) is 0. The van der Waals surface area contributed by atoms with Gasteiger partial charge in [0.2, 0.25) is 0 Å². The molecule has 1 aromatic heterocycles. The molecule has 0 aliphatic rings. The third-order valence-electron chi connectivity index (χ3n) is 3.58. The maximum absolute atomic E-state index is 13.8. The fourth-order valence-corrected chi connectivity index (χ4v) is 2.94. The summed E-state index contributed by atoms with van der Waals surface area (Å²) in [4.78, 5) is 4.49. The second-order valence-corrected chi connectivity index (χ2v) is 6.05. The average Bonchev–Trinajstić information content (AvgIpc) is 2.79. The van der Waals surface area contributed by atoms with Crippen LogP contribution < -0.4 is 0 Å². The van der Waals surface area contributed by atoms with Crippen LogP contribution in [-0.2, 0) is 12.4 Å². The zero-order valence-electron chi connectivity index (χ0n) is 11.4. The minimum atomic E-state index is -0.297. The summed E-state index contributed by atoms with van der Waals surface area (Å²) in [5.41, 5.74) is 3.87. The predicted molar refractivity (Wildman–Crippen MR) is 87.2 cm³/mol. The first-order valence-electron chi connectivity index (χ1n) is 6.55. The zero-order chi connectivity index (χ0) is 15.0. The van der Waals surface area contributed by atoms with E-state index in [1.54, 1.807) is 6.07 Å². The molecule has 0 radical (unpaired) electrons. The number of alkyl halides is 1. The van der Waals surface area contributed by atoms with Crippen LogP contribution >= 0.6 is 27.5 Å². The van der Waals surface area contributed by atoms with E-state index >= 15 is 0 Å². The largest absolute Gasteiger partial charge is 0.322 e. The van der Waals surface area contributed by atoms with Gasteiger partial charge in [-0.2, -0.15) is 0 Å². The van der Waals surface area contributed by atoms with E-state index in [2.05, 4.69) is 40.0 Å². The Morgan fingerprint density at radius 2 is 2.05 bits per heavy atom. The molecule has 0 aliphatic carbocycles. The summed E-state index contributed by atoms with van der Waals surface area (Å²) < 4.78 is 16.2. The number of aryl methyl sites for hydroxylation is 1. The monoisotopic (exact) mass is 366 g/mol. The molecule has 1 heterocycles. The van der Waals surface area contributed by atoms with Crippen molar-refractivity contribution in [2.75, 3.05) is 0 Å². The molecule has 5 heteroatoms. The highest BCUT2D eigenvalue weighted by atomic mass is 79.9. The van der Waals surface area contributed by atoms with Crippen molar-refractivity contribution in [1.29, 1.82) is 0 Å². The normalized spacial score (nSPS) is 11.2. The smallest absolute Gasteiger partial charge is 0.139 e. The van der Waals surface area contributed by atoms with E-state index in [0.29, 0.717) is 16.9 Å². The van der Waals surface area contributed by atoms with Gasteiger partial charge in [0.05, 0.1) is 21.4 Å². The lowest BCUT2D eigenvalue weighted by Crippen LogP contribution is -2.05. The Bertz CT molecular complexity index is 813. The van der Waals surface area contributed by atoms with Gasteiger partial charge in [0.1, 0.15) is 11.6 Å². The van der Waals surface area contributed by atoms with E-state index in [1.807, 2.05) is 16.7 Å². The van der Waals surface area contributed by atoms with E-state index in [1.165, 1.54) is 17.2 Å². The SMILES string of the molecule is Cc1ccccc1Cn1c(CCl)nc2cc(Br)c(F)cc21. The van der Waals surface area contributed by atoms with Crippen LogP contribution in [0.2, 0.25) is 0 Å². The van der Waals surface area contributed by atoms with Crippen molar-refractivity contribution in [3.05, 3.63) is 63.6 Å².